The van der Waals surface area contributed by atoms with Crippen molar-refractivity contribution in [2.24, 2.45) is 5.92 Å². The van der Waals surface area contributed by atoms with Crippen molar-refractivity contribution in [3.05, 3.63) is 0 Å². The Bertz CT molecular complexity index is 440. The molecule has 0 aliphatic carbocycles. The first kappa shape index (κ1) is 30.5. The van der Waals surface area contributed by atoms with Crippen LogP contribution in [0.4, 0.5) is 43.9 Å². The molecule has 0 aliphatic heterocycles. The molecule has 0 aliphatic rings. The van der Waals surface area contributed by atoms with Gasteiger partial charge in [-0.2, -0.15) is 43.9 Å². The lowest BCUT2D eigenvalue weighted by Crippen LogP contribution is -2.59. The summed E-state index contributed by atoms with van der Waals surface area (Å²) >= 11 is 0. The van der Waals surface area contributed by atoms with Crippen molar-refractivity contribution in [3.8, 4) is 0 Å². The van der Waals surface area contributed by atoms with E-state index in [0.29, 0.717) is 16.7 Å². The molecule has 0 radical (unpaired) electrons. The van der Waals surface area contributed by atoms with Gasteiger partial charge < -0.3 is 0 Å². The highest BCUT2D eigenvalue weighted by molar-refractivity contribution is 7.97. The predicted molar refractivity (Wildman–Crippen MR) is 93.6 cm³/mol. The highest BCUT2D eigenvalue weighted by Gasteiger charge is 2.82. The average molecular weight is 469 g/mol. The third kappa shape index (κ3) is 9.78. The lowest BCUT2D eigenvalue weighted by atomic mass is 10.1. The summed E-state index contributed by atoms with van der Waals surface area (Å²) in [6.45, 7) is 8.49. The van der Waals surface area contributed by atoms with Crippen molar-refractivity contribution in [2.75, 3.05) is 17.3 Å². The van der Waals surface area contributed by atoms with Crippen molar-refractivity contribution in [3.63, 3.8) is 0 Å². The monoisotopic (exact) mass is 469 g/mol. The maximum Gasteiger partial charge on any atom is 0.460 e. The van der Waals surface area contributed by atoms with E-state index in [4.69, 9.17) is 0 Å². The van der Waals surface area contributed by atoms with E-state index in [1.165, 1.54) is 37.2 Å². The summed E-state index contributed by atoms with van der Waals surface area (Å²) in [5.41, 5.74) is 0. The Morgan fingerprint density at radius 2 is 1.03 bits per heavy atom. The molecule has 0 heterocycles. The SMILES string of the molecule is CCCC[S+](CCCC)CC(=O)C(C)C.FC(F)(F)C(F)(F)C(F)(F)C(F)(F)F. The second kappa shape index (κ2) is 12.2. The summed E-state index contributed by atoms with van der Waals surface area (Å²) in [6.07, 6.45) is -8.84. The van der Waals surface area contributed by atoms with Crippen LogP contribution in [0.5, 0.6) is 0 Å². The minimum atomic E-state index is -7.14. The molecule has 0 aromatic heterocycles. The highest BCUT2D eigenvalue weighted by atomic mass is 32.2. The standard InChI is InChI=1S/C13H27OS.C4F10/c1-5-7-9-15(10-8-6-2)11-13(14)12(3)4;5-1(6,3(9,10)11)2(7,8)4(12,13)14/h12H,5-11H2,1-4H3;/q+1;. The van der Waals surface area contributed by atoms with E-state index < -0.39 is 24.2 Å². The van der Waals surface area contributed by atoms with Crippen LogP contribution in [-0.2, 0) is 15.7 Å². The van der Waals surface area contributed by atoms with E-state index in [2.05, 4.69) is 13.8 Å². The second-order valence-corrected chi connectivity index (χ2v) is 8.97. The maximum atomic E-state index is 11.7. The molecule has 0 bridgehead atoms. The van der Waals surface area contributed by atoms with Crippen molar-refractivity contribution >= 4 is 16.7 Å². The lowest BCUT2D eigenvalue weighted by Gasteiger charge is -2.29. The van der Waals surface area contributed by atoms with Gasteiger partial charge in [-0.3, -0.25) is 4.79 Å². The fraction of sp³-hybridized carbons (Fsp3) is 0.941. The van der Waals surface area contributed by atoms with Gasteiger partial charge in [0.2, 0.25) is 0 Å². The molecule has 0 N–H and O–H groups in total. The zero-order valence-corrected chi connectivity index (χ0v) is 17.4. The van der Waals surface area contributed by atoms with Gasteiger partial charge in [-0.05, 0) is 23.7 Å². The molecule has 0 rings (SSSR count). The normalized spacial score (nSPS) is 13.5. The largest absolute Gasteiger partial charge is 0.460 e. The molecule has 0 spiro atoms. The molecule has 0 aromatic rings. The Morgan fingerprint density at radius 1 is 0.724 bits per heavy atom. The number of carbonyl (C=O) groups excluding carboxylic acids is 1. The number of Topliss-reactive ketones (excluding diaryl/α,β-unsaturated/α-hetero) is 1. The van der Waals surface area contributed by atoms with Gasteiger partial charge in [-0.15, -0.1) is 0 Å². The first-order valence-electron chi connectivity index (χ1n) is 8.92. The number of carbonyl (C=O) groups is 1. The van der Waals surface area contributed by atoms with Gasteiger partial charge in [0.1, 0.15) is 11.5 Å². The van der Waals surface area contributed by atoms with E-state index in [1.807, 2.05) is 13.8 Å². The van der Waals surface area contributed by atoms with Crippen LogP contribution in [-0.4, -0.2) is 47.2 Å². The van der Waals surface area contributed by atoms with Crippen LogP contribution in [0, 0.1) is 5.92 Å². The van der Waals surface area contributed by atoms with E-state index in [-0.39, 0.29) is 5.92 Å². The number of alkyl halides is 10. The number of rotatable bonds is 10. The first-order valence-corrected chi connectivity index (χ1v) is 10.7. The number of ketones is 1. The van der Waals surface area contributed by atoms with E-state index in [0.717, 1.165) is 5.75 Å². The Hall–Kier alpha value is -0.680. The first-order chi connectivity index (χ1) is 12.9. The zero-order chi connectivity index (χ0) is 23.7. The molecule has 12 heteroatoms. The summed E-state index contributed by atoms with van der Waals surface area (Å²) < 4.78 is 113. The third-order valence-corrected chi connectivity index (χ3v) is 6.09. The average Bonchev–Trinajstić information content (AvgIpc) is 2.55. The quantitative estimate of drug-likeness (QED) is 0.254. The molecule has 29 heavy (non-hydrogen) atoms. The molecule has 0 saturated heterocycles. The van der Waals surface area contributed by atoms with Crippen LogP contribution >= 0.6 is 0 Å². The molecule has 0 atom stereocenters. The van der Waals surface area contributed by atoms with Crippen LogP contribution in [0.3, 0.4) is 0 Å². The van der Waals surface area contributed by atoms with Crippen molar-refractivity contribution in [1.82, 2.24) is 0 Å². The number of unbranched alkanes of at least 4 members (excludes halogenated alkanes) is 2. The van der Waals surface area contributed by atoms with Crippen molar-refractivity contribution in [2.45, 2.75) is 77.6 Å². The smallest absolute Gasteiger partial charge is 0.294 e. The molecular formula is C17H27F10OS+. The topological polar surface area (TPSA) is 17.1 Å². The lowest BCUT2D eigenvalue weighted by molar-refractivity contribution is -0.419. The van der Waals surface area contributed by atoms with Crippen LogP contribution in [0.15, 0.2) is 0 Å². The van der Waals surface area contributed by atoms with Crippen molar-refractivity contribution < 1.29 is 48.7 Å². The predicted octanol–water partition coefficient (Wildman–Crippen LogP) is 6.81. The second-order valence-electron chi connectivity index (χ2n) is 6.64. The molecule has 0 fully saturated rings. The molecule has 0 saturated carbocycles. The van der Waals surface area contributed by atoms with Gasteiger partial charge in [0.05, 0.1) is 0 Å². The molecule has 176 valence electrons. The molecular weight excluding hydrogens is 442 g/mol. The Kier molecular flexibility index (Phi) is 12.9. The highest BCUT2D eigenvalue weighted by Crippen LogP contribution is 2.53. The summed E-state index contributed by atoms with van der Waals surface area (Å²) in [5, 5.41) is 0. The van der Waals surface area contributed by atoms with E-state index >= 15 is 0 Å². The zero-order valence-electron chi connectivity index (χ0n) is 16.6. The Balaban J connectivity index is 0. The number of hydrogen-bond donors (Lipinski definition) is 0. The van der Waals surface area contributed by atoms with Crippen LogP contribution in [0.2, 0.25) is 0 Å². The van der Waals surface area contributed by atoms with Gasteiger partial charge in [0, 0.05) is 5.92 Å². The van der Waals surface area contributed by atoms with Gasteiger partial charge >= 0.3 is 24.2 Å². The van der Waals surface area contributed by atoms with Gasteiger partial charge in [-0.25, -0.2) is 0 Å². The summed E-state index contributed by atoms with van der Waals surface area (Å²) in [5.74, 6) is -10.2. The Labute approximate surface area is 166 Å². The molecule has 1 nitrogen and oxygen atoms in total. The van der Waals surface area contributed by atoms with Gasteiger partial charge in [-0.1, -0.05) is 40.5 Å². The molecule has 0 amide bonds. The molecule has 0 unspecified atom stereocenters. The summed E-state index contributed by atoms with van der Waals surface area (Å²) in [7, 11) is 0.376. The van der Waals surface area contributed by atoms with Crippen LogP contribution in [0.25, 0.3) is 0 Å². The minimum Gasteiger partial charge on any atom is -0.294 e. The van der Waals surface area contributed by atoms with Gasteiger partial charge in [0.15, 0.2) is 11.5 Å². The minimum absolute atomic E-state index is 0.225. The van der Waals surface area contributed by atoms with E-state index in [9.17, 15) is 48.7 Å². The molecule has 0 aromatic carbocycles. The summed E-state index contributed by atoms with van der Waals surface area (Å²) in [4.78, 5) is 11.7. The fourth-order valence-corrected chi connectivity index (χ4v) is 4.29. The van der Waals surface area contributed by atoms with Crippen molar-refractivity contribution in [1.29, 1.82) is 0 Å². The van der Waals surface area contributed by atoms with Crippen LogP contribution in [0.1, 0.15) is 53.4 Å². The van der Waals surface area contributed by atoms with E-state index in [1.54, 1.807) is 0 Å². The number of halogens is 10. The maximum absolute atomic E-state index is 11.7. The Morgan fingerprint density at radius 3 is 1.24 bits per heavy atom. The number of hydrogen-bond acceptors (Lipinski definition) is 1. The fourth-order valence-electron chi connectivity index (χ4n) is 1.67. The van der Waals surface area contributed by atoms with Gasteiger partial charge in [0.25, 0.3) is 0 Å². The summed E-state index contributed by atoms with van der Waals surface area (Å²) in [6, 6.07) is 0. The van der Waals surface area contributed by atoms with Crippen LogP contribution < -0.4 is 0 Å². The third-order valence-electron chi connectivity index (χ3n) is 3.67.